The maximum atomic E-state index is 12.1. The first-order valence-corrected chi connectivity index (χ1v) is 15.9. The number of hydrogen-bond donors (Lipinski definition) is 1. The lowest BCUT2D eigenvalue weighted by atomic mass is 9.81. The maximum absolute atomic E-state index is 12.1. The van der Waals surface area contributed by atoms with Crippen molar-refractivity contribution in [2.75, 3.05) is 32.7 Å². The normalized spacial score (nSPS) is 26.9. The Morgan fingerprint density at radius 3 is 2.52 bits per heavy atom. The van der Waals surface area contributed by atoms with Crippen molar-refractivity contribution in [3.8, 4) is 0 Å². The Bertz CT molecular complexity index is 1300. The fourth-order valence-electron chi connectivity index (χ4n) is 7.17. The van der Waals surface area contributed by atoms with Gasteiger partial charge >= 0.3 is 5.97 Å². The first-order chi connectivity index (χ1) is 19.4. The summed E-state index contributed by atoms with van der Waals surface area (Å²) in [5, 5.41) is 15.8. The minimum absolute atomic E-state index is 0.0116. The zero-order valence-corrected chi connectivity index (χ0v) is 24.9. The van der Waals surface area contributed by atoms with Crippen LogP contribution in [-0.4, -0.2) is 65.3 Å². The standard InChI is InChI=1S/C32H36Cl2N2O3S/c33-27-7-6-23(29(34)15-27)17-36-19-26(28(20-36)24-8-13-40-21-24)18-35-11-9-32(10-12-35)16-25(30(39-32)31(37)38)14-22-4-2-1-3-5-22/h1-8,13,15,21,25-26,28,30H,9-12,14,16-20H2,(H,37,38)/t25?,26-,28+,30?/m0/s1. The highest BCUT2D eigenvalue weighted by molar-refractivity contribution is 7.08. The van der Waals surface area contributed by atoms with Crippen molar-refractivity contribution in [1.29, 1.82) is 0 Å². The van der Waals surface area contributed by atoms with E-state index in [1.807, 2.05) is 36.4 Å². The van der Waals surface area contributed by atoms with Crippen LogP contribution in [0, 0.1) is 11.8 Å². The lowest BCUT2D eigenvalue weighted by Gasteiger charge is -2.40. The number of thiophene rings is 1. The Kier molecular flexibility index (Phi) is 8.55. The largest absolute Gasteiger partial charge is 0.479 e. The average Bonchev–Trinajstić information content (AvgIpc) is 3.68. The Morgan fingerprint density at radius 1 is 1.02 bits per heavy atom. The van der Waals surface area contributed by atoms with E-state index >= 15 is 0 Å². The molecule has 0 bridgehead atoms. The summed E-state index contributed by atoms with van der Waals surface area (Å²) in [5.74, 6) is 0.197. The predicted octanol–water partition coefficient (Wildman–Crippen LogP) is 6.84. The second-order valence-corrected chi connectivity index (χ2v) is 13.5. The van der Waals surface area contributed by atoms with Gasteiger partial charge in [-0.25, -0.2) is 4.79 Å². The number of carboxylic acid groups (broad SMARTS) is 1. The molecule has 0 saturated carbocycles. The maximum Gasteiger partial charge on any atom is 0.333 e. The molecular weight excluding hydrogens is 563 g/mol. The number of hydrogen-bond acceptors (Lipinski definition) is 5. The molecule has 2 aromatic carbocycles. The Morgan fingerprint density at radius 2 is 1.82 bits per heavy atom. The molecule has 4 atom stereocenters. The summed E-state index contributed by atoms with van der Waals surface area (Å²) in [6.07, 6.45) is 2.63. The van der Waals surface area contributed by atoms with Crippen LogP contribution < -0.4 is 0 Å². The summed E-state index contributed by atoms with van der Waals surface area (Å²) in [6.45, 7) is 5.79. The van der Waals surface area contributed by atoms with E-state index in [-0.39, 0.29) is 11.5 Å². The van der Waals surface area contributed by atoms with Gasteiger partial charge < -0.3 is 14.7 Å². The van der Waals surface area contributed by atoms with E-state index in [4.69, 9.17) is 27.9 Å². The van der Waals surface area contributed by atoms with Gasteiger partial charge in [-0.15, -0.1) is 0 Å². The van der Waals surface area contributed by atoms with E-state index < -0.39 is 12.1 Å². The van der Waals surface area contributed by atoms with E-state index in [1.54, 1.807) is 11.3 Å². The summed E-state index contributed by atoms with van der Waals surface area (Å²) >= 11 is 14.4. The number of rotatable bonds is 8. The van der Waals surface area contributed by atoms with Crippen LogP contribution in [0.2, 0.25) is 10.0 Å². The van der Waals surface area contributed by atoms with E-state index in [0.717, 1.165) is 75.5 Å². The van der Waals surface area contributed by atoms with Gasteiger partial charge in [0.2, 0.25) is 0 Å². The van der Waals surface area contributed by atoms with Crippen molar-refractivity contribution in [3.05, 3.63) is 92.1 Å². The van der Waals surface area contributed by atoms with Gasteiger partial charge in [0, 0.05) is 61.1 Å². The number of nitrogens with zero attached hydrogens (tertiary/aromatic N) is 2. The highest BCUT2D eigenvalue weighted by Crippen LogP contribution is 2.44. The number of aliphatic carboxylic acids is 1. The minimum Gasteiger partial charge on any atom is -0.479 e. The summed E-state index contributed by atoms with van der Waals surface area (Å²) in [5.41, 5.74) is 3.41. The zero-order chi connectivity index (χ0) is 27.7. The van der Waals surface area contributed by atoms with Crippen LogP contribution in [0.1, 0.15) is 41.9 Å². The Labute approximate surface area is 250 Å². The summed E-state index contributed by atoms with van der Waals surface area (Å²) < 4.78 is 6.38. The van der Waals surface area contributed by atoms with Crippen LogP contribution in [0.4, 0.5) is 0 Å². The zero-order valence-electron chi connectivity index (χ0n) is 22.6. The molecule has 1 N–H and O–H groups in total. The van der Waals surface area contributed by atoms with Crippen molar-refractivity contribution in [1.82, 2.24) is 9.80 Å². The first kappa shape index (κ1) is 28.2. The first-order valence-electron chi connectivity index (χ1n) is 14.2. The third-order valence-electron chi connectivity index (χ3n) is 9.18. The van der Waals surface area contributed by atoms with Crippen molar-refractivity contribution in [2.24, 2.45) is 11.8 Å². The van der Waals surface area contributed by atoms with Crippen LogP contribution >= 0.6 is 34.5 Å². The molecule has 5 nitrogen and oxygen atoms in total. The fraction of sp³-hybridized carbons (Fsp3) is 0.469. The number of halogens is 2. The third kappa shape index (κ3) is 6.28. The SMILES string of the molecule is O=C(O)C1OC2(CCN(C[C@H]3CN(Cc4ccc(Cl)cc4Cl)C[C@@H]3c3ccsc3)CC2)CC1Cc1ccccc1. The number of carboxylic acids is 1. The summed E-state index contributed by atoms with van der Waals surface area (Å²) in [4.78, 5) is 17.2. The van der Waals surface area contributed by atoms with Crippen LogP contribution in [0.3, 0.4) is 0 Å². The van der Waals surface area contributed by atoms with Crippen LogP contribution in [-0.2, 0) is 22.5 Å². The monoisotopic (exact) mass is 598 g/mol. The lowest BCUT2D eigenvalue weighted by Crippen LogP contribution is -2.46. The molecule has 1 spiro atoms. The number of benzene rings is 2. The third-order valence-corrected chi connectivity index (χ3v) is 10.5. The van der Waals surface area contributed by atoms with Crippen LogP contribution in [0.15, 0.2) is 65.4 Å². The molecule has 3 aliphatic heterocycles. The molecule has 8 heteroatoms. The Hall–Kier alpha value is -1.93. The molecule has 212 valence electrons. The predicted molar refractivity (Wildman–Crippen MR) is 161 cm³/mol. The van der Waals surface area contributed by atoms with E-state index in [9.17, 15) is 9.90 Å². The molecule has 3 aliphatic rings. The second-order valence-electron chi connectivity index (χ2n) is 11.9. The minimum atomic E-state index is -0.828. The van der Waals surface area contributed by atoms with Crippen LogP contribution in [0.5, 0.6) is 0 Å². The molecule has 0 aliphatic carbocycles. The van der Waals surface area contributed by atoms with E-state index in [2.05, 4.69) is 38.8 Å². The number of ether oxygens (including phenoxy) is 1. The fourth-order valence-corrected chi connectivity index (χ4v) is 8.37. The van der Waals surface area contributed by atoms with Gasteiger partial charge in [0.05, 0.1) is 5.60 Å². The van der Waals surface area contributed by atoms with Crippen molar-refractivity contribution in [3.63, 3.8) is 0 Å². The van der Waals surface area contributed by atoms with Crippen LogP contribution in [0.25, 0.3) is 0 Å². The molecule has 3 aromatic rings. The van der Waals surface area contributed by atoms with E-state index in [1.165, 1.54) is 11.1 Å². The van der Waals surface area contributed by atoms with E-state index in [0.29, 0.717) is 16.9 Å². The number of likely N-dealkylation sites (tertiary alicyclic amines) is 2. The van der Waals surface area contributed by atoms with Gasteiger partial charge in [0.1, 0.15) is 0 Å². The van der Waals surface area contributed by atoms with Crippen molar-refractivity contribution < 1.29 is 14.6 Å². The van der Waals surface area contributed by atoms with Crippen molar-refractivity contribution >= 4 is 40.5 Å². The molecule has 3 fully saturated rings. The van der Waals surface area contributed by atoms with Crippen molar-refractivity contribution in [2.45, 2.75) is 49.9 Å². The molecule has 1 aromatic heterocycles. The molecule has 6 rings (SSSR count). The van der Waals surface area contributed by atoms with Gasteiger partial charge in [0.25, 0.3) is 0 Å². The van der Waals surface area contributed by atoms with Gasteiger partial charge in [-0.2, -0.15) is 11.3 Å². The lowest BCUT2D eigenvalue weighted by molar-refractivity contribution is -0.159. The molecule has 0 radical (unpaired) electrons. The molecule has 40 heavy (non-hydrogen) atoms. The quantitative estimate of drug-likeness (QED) is 0.308. The van der Waals surface area contributed by atoms with Gasteiger partial charge in [0.15, 0.2) is 6.10 Å². The average molecular weight is 600 g/mol. The summed E-state index contributed by atoms with van der Waals surface area (Å²) in [7, 11) is 0. The van der Waals surface area contributed by atoms with Gasteiger partial charge in [-0.1, -0.05) is 59.6 Å². The smallest absolute Gasteiger partial charge is 0.333 e. The van der Waals surface area contributed by atoms with Gasteiger partial charge in [-0.3, -0.25) is 4.90 Å². The second kappa shape index (κ2) is 12.1. The topological polar surface area (TPSA) is 53.0 Å². The Balaban J connectivity index is 1.09. The number of piperidine rings is 1. The summed E-state index contributed by atoms with van der Waals surface area (Å²) in [6, 6.07) is 18.3. The highest BCUT2D eigenvalue weighted by atomic mass is 35.5. The molecule has 4 heterocycles. The molecule has 2 unspecified atom stereocenters. The number of carbonyl (C=O) groups is 1. The molecule has 0 amide bonds. The highest BCUT2D eigenvalue weighted by Gasteiger charge is 2.50. The molecular formula is C32H36Cl2N2O3S. The molecule has 3 saturated heterocycles. The van der Waals surface area contributed by atoms with Gasteiger partial charge in [-0.05, 0) is 77.3 Å².